The fourth-order valence-corrected chi connectivity index (χ4v) is 5.71. The van der Waals surface area contributed by atoms with Crippen LogP contribution in [0.5, 0.6) is 0 Å². The highest BCUT2D eigenvalue weighted by molar-refractivity contribution is 7.13. The van der Waals surface area contributed by atoms with Gasteiger partial charge in [0.2, 0.25) is 5.91 Å². The molecule has 4 heterocycles. The second-order valence-corrected chi connectivity index (χ2v) is 9.87. The standard InChI is InChI=1S/C22H20F3N5O2S2/c23-22(24,25)17-13-34-19(27-17)14-2-1-3-15(10-14)30-12-16(11-18(30)31)28-5-7-29(8-6-28)21(32)20-26-4-9-33-20/h1-4,9-10,13,16H,5-8,11-12H2. The number of piperazine rings is 1. The number of anilines is 1. The van der Waals surface area contributed by atoms with Crippen LogP contribution in [-0.4, -0.2) is 70.3 Å². The molecule has 3 aromatic rings. The lowest BCUT2D eigenvalue weighted by molar-refractivity contribution is -0.140. The van der Waals surface area contributed by atoms with E-state index in [4.69, 9.17) is 0 Å². The molecule has 0 saturated carbocycles. The SMILES string of the molecule is O=C(c1nccs1)N1CCN(C2CC(=O)N(c3cccc(-c4nc(C(F)(F)F)cs4)c3)C2)CC1. The number of alkyl halides is 3. The molecule has 0 radical (unpaired) electrons. The minimum absolute atomic E-state index is 0.0185. The maximum Gasteiger partial charge on any atom is 0.434 e. The van der Waals surface area contributed by atoms with Gasteiger partial charge in [0, 0.05) is 73.4 Å². The number of rotatable bonds is 4. The van der Waals surface area contributed by atoms with Gasteiger partial charge in [0.1, 0.15) is 5.01 Å². The van der Waals surface area contributed by atoms with Gasteiger partial charge in [0.15, 0.2) is 10.7 Å². The van der Waals surface area contributed by atoms with Gasteiger partial charge in [-0.1, -0.05) is 12.1 Å². The van der Waals surface area contributed by atoms with Crippen LogP contribution in [0.3, 0.4) is 0 Å². The number of thiazole rings is 2. The Morgan fingerprint density at radius 3 is 2.59 bits per heavy atom. The van der Waals surface area contributed by atoms with Crippen LogP contribution in [-0.2, 0) is 11.0 Å². The Kier molecular flexibility index (Phi) is 6.13. The van der Waals surface area contributed by atoms with Gasteiger partial charge in [-0.25, -0.2) is 9.97 Å². The third-order valence-corrected chi connectivity index (χ3v) is 7.69. The molecule has 178 valence electrons. The van der Waals surface area contributed by atoms with Crippen molar-refractivity contribution in [2.24, 2.45) is 0 Å². The Bertz CT molecular complexity index is 1190. The number of carbonyl (C=O) groups is 2. The Labute approximate surface area is 201 Å². The van der Waals surface area contributed by atoms with E-state index >= 15 is 0 Å². The normalized spacial score (nSPS) is 19.7. The zero-order valence-electron chi connectivity index (χ0n) is 17.9. The first-order valence-electron chi connectivity index (χ1n) is 10.7. The molecule has 0 N–H and O–H groups in total. The topological polar surface area (TPSA) is 69.6 Å². The molecular formula is C22H20F3N5O2S2. The summed E-state index contributed by atoms with van der Waals surface area (Å²) < 4.78 is 38.7. The van der Waals surface area contributed by atoms with Crippen molar-refractivity contribution in [2.75, 3.05) is 37.6 Å². The maximum absolute atomic E-state index is 12.9. The Morgan fingerprint density at radius 2 is 1.91 bits per heavy atom. The number of amides is 2. The van der Waals surface area contributed by atoms with Gasteiger partial charge in [-0.05, 0) is 12.1 Å². The van der Waals surface area contributed by atoms with Gasteiger partial charge in [-0.15, -0.1) is 22.7 Å². The average Bonchev–Trinajstić information content (AvgIpc) is 3.59. The fraction of sp³-hybridized carbons (Fsp3) is 0.364. The van der Waals surface area contributed by atoms with E-state index in [1.807, 2.05) is 0 Å². The molecule has 0 bridgehead atoms. The van der Waals surface area contributed by atoms with Crippen molar-refractivity contribution in [3.63, 3.8) is 0 Å². The number of halogens is 3. The highest BCUT2D eigenvalue weighted by atomic mass is 32.1. The summed E-state index contributed by atoms with van der Waals surface area (Å²) in [6, 6.07) is 6.93. The van der Waals surface area contributed by atoms with Crippen molar-refractivity contribution in [3.8, 4) is 10.6 Å². The van der Waals surface area contributed by atoms with Crippen molar-refractivity contribution in [2.45, 2.75) is 18.6 Å². The molecule has 2 fully saturated rings. The molecule has 0 spiro atoms. The highest BCUT2D eigenvalue weighted by Crippen LogP contribution is 2.35. The lowest BCUT2D eigenvalue weighted by Gasteiger charge is -2.37. The largest absolute Gasteiger partial charge is 0.434 e. The first-order chi connectivity index (χ1) is 16.3. The Morgan fingerprint density at radius 1 is 1.12 bits per heavy atom. The molecule has 2 aromatic heterocycles. The summed E-state index contributed by atoms with van der Waals surface area (Å²) in [5.74, 6) is -0.0926. The molecule has 7 nitrogen and oxygen atoms in total. The second kappa shape index (κ2) is 9.08. The molecule has 0 aliphatic carbocycles. The summed E-state index contributed by atoms with van der Waals surface area (Å²) in [6.45, 7) is 2.98. The smallest absolute Gasteiger partial charge is 0.334 e. The van der Waals surface area contributed by atoms with Gasteiger partial charge in [-0.3, -0.25) is 14.5 Å². The van der Waals surface area contributed by atoms with Crippen LogP contribution in [0.2, 0.25) is 0 Å². The Hall–Kier alpha value is -2.83. The van der Waals surface area contributed by atoms with Gasteiger partial charge < -0.3 is 9.80 Å². The van der Waals surface area contributed by atoms with Crippen LogP contribution in [0.4, 0.5) is 18.9 Å². The van der Waals surface area contributed by atoms with Gasteiger partial charge in [-0.2, -0.15) is 13.2 Å². The molecule has 12 heteroatoms. The minimum Gasteiger partial charge on any atom is -0.334 e. The van der Waals surface area contributed by atoms with E-state index in [2.05, 4.69) is 14.9 Å². The number of carbonyl (C=O) groups excluding carboxylic acids is 2. The summed E-state index contributed by atoms with van der Waals surface area (Å²) in [5.41, 5.74) is 0.276. The molecule has 5 rings (SSSR count). The molecule has 34 heavy (non-hydrogen) atoms. The summed E-state index contributed by atoms with van der Waals surface area (Å²) in [6.07, 6.45) is -2.51. The van der Waals surface area contributed by atoms with Crippen molar-refractivity contribution >= 4 is 40.2 Å². The quantitative estimate of drug-likeness (QED) is 0.537. The van der Waals surface area contributed by atoms with Crippen molar-refractivity contribution in [1.29, 1.82) is 0 Å². The van der Waals surface area contributed by atoms with E-state index in [0.29, 0.717) is 55.4 Å². The number of hydrogen-bond acceptors (Lipinski definition) is 7. The van der Waals surface area contributed by atoms with Crippen LogP contribution >= 0.6 is 22.7 Å². The number of benzene rings is 1. The van der Waals surface area contributed by atoms with Crippen molar-refractivity contribution < 1.29 is 22.8 Å². The lowest BCUT2D eigenvalue weighted by Crippen LogP contribution is -2.52. The molecule has 2 saturated heterocycles. The minimum atomic E-state index is -4.49. The number of nitrogens with zero attached hydrogens (tertiary/aromatic N) is 5. The second-order valence-electron chi connectivity index (χ2n) is 8.11. The molecule has 1 atom stereocenters. The van der Waals surface area contributed by atoms with E-state index in [1.54, 1.807) is 45.6 Å². The van der Waals surface area contributed by atoms with Crippen molar-refractivity contribution in [3.05, 3.63) is 51.9 Å². The first kappa shape index (κ1) is 22.9. The summed E-state index contributed by atoms with van der Waals surface area (Å²) in [4.78, 5) is 38.8. The summed E-state index contributed by atoms with van der Waals surface area (Å²) in [5, 5.41) is 3.52. The summed E-state index contributed by atoms with van der Waals surface area (Å²) in [7, 11) is 0. The highest BCUT2D eigenvalue weighted by Gasteiger charge is 2.37. The van der Waals surface area contributed by atoms with Crippen LogP contribution in [0, 0.1) is 0 Å². The summed E-state index contributed by atoms with van der Waals surface area (Å²) >= 11 is 2.25. The van der Waals surface area contributed by atoms with Crippen LogP contribution in [0.25, 0.3) is 10.6 Å². The van der Waals surface area contributed by atoms with Gasteiger partial charge in [0.25, 0.3) is 5.91 Å². The third kappa shape index (κ3) is 4.57. The molecule has 1 unspecified atom stereocenters. The molecule has 2 amide bonds. The van der Waals surface area contributed by atoms with E-state index in [9.17, 15) is 22.8 Å². The lowest BCUT2D eigenvalue weighted by atomic mass is 10.2. The fourth-order valence-electron chi connectivity index (χ4n) is 4.28. The first-order valence-corrected chi connectivity index (χ1v) is 12.4. The zero-order chi connectivity index (χ0) is 23.9. The van der Waals surface area contributed by atoms with Gasteiger partial charge in [0.05, 0.1) is 0 Å². The van der Waals surface area contributed by atoms with E-state index in [1.165, 1.54) is 11.3 Å². The maximum atomic E-state index is 12.9. The van der Waals surface area contributed by atoms with E-state index < -0.39 is 11.9 Å². The molecule has 2 aliphatic heterocycles. The molecule has 2 aliphatic rings. The predicted octanol–water partition coefficient (Wildman–Crippen LogP) is 3.85. The number of hydrogen-bond donors (Lipinski definition) is 0. The van der Waals surface area contributed by atoms with E-state index in [-0.39, 0.29) is 22.9 Å². The van der Waals surface area contributed by atoms with Gasteiger partial charge >= 0.3 is 6.18 Å². The number of aromatic nitrogens is 2. The average molecular weight is 508 g/mol. The Balaban J connectivity index is 1.24. The van der Waals surface area contributed by atoms with Crippen LogP contribution in [0.15, 0.2) is 41.2 Å². The third-order valence-electron chi connectivity index (χ3n) is 6.04. The predicted molar refractivity (Wildman–Crippen MR) is 123 cm³/mol. The monoisotopic (exact) mass is 507 g/mol. The molecular weight excluding hydrogens is 487 g/mol. The van der Waals surface area contributed by atoms with Crippen LogP contribution in [0.1, 0.15) is 21.9 Å². The van der Waals surface area contributed by atoms with E-state index in [0.717, 1.165) is 16.7 Å². The van der Waals surface area contributed by atoms with Crippen molar-refractivity contribution in [1.82, 2.24) is 19.8 Å². The van der Waals surface area contributed by atoms with Crippen LogP contribution < -0.4 is 4.90 Å². The molecule has 1 aromatic carbocycles. The zero-order valence-corrected chi connectivity index (χ0v) is 19.5.